The van der Waals surface area contributed by atoms with Crippen molar-refractivity contribution in [3.8, 4) is 0 Å². The quantitative estimate of drug-likeness (QED) is 0.746. The van der Waals surface area contributed by atoms with Crippen LogP contribution in [0.1, 0.15) is 18.9 Å². The van der Waals surface area contributed by atoms with E-state index in [1.807, 2.05) is 30.0 Å². The summed E-state index contributed by atoms with van der Waals surface area (Å²) >= 11 is 1.87. The highest BCUT2D eigenvalue weighted by Gasteiger charge is 1.96. The molecule has 1 N–H and O–H groups in total. The van der Waals surface area contributed by atoms with Gasteiger partial charge in [0.1, 0.15) is 0 Å². The summed E-state index contributed by atoms with van der Waals surface area (Å²) in [4.78, 5) is 0. The lowest BCUT2D eigenvalue weighted by Crippen LogP contribution is -1.94. The molecule has 0 aliphatic heterocycles. The molecule has 0 bridgehead atoms. The van der Waals surface area contributed by atoms with Crippen LogP contribution >= 0.6 is 11.8 Å². The van der Waals surface area contributed by atoms with E-state index in [9.17, 15) is 0 Å². The first-order valence-corrected chi connectivity index (χ1v) is 6.33. The number of aliphatic hydroxyl groups excluding tert-OH is 1. The van der Waals surface area contributed by atoms with Gasteiger partial charge in [-0.05, 0) is 24.7 Å². The van der Waals surface area contributed by atoms with E-state index in [2.05, 4.69) is 31.2 Å². The number of hydrogen-bond donors (Lipinski definition) is 1. The van der Waals surface area contributed by atoms with Crippen molar-refractivity contribution in [2.24, 2.45) is 0 Å². The van der Waals surface area contributed by atoms with Gasteiger partial charge >= 0.3 is 0 Å². The maximum atomic E-state index is 8.66. The van der Waals surface area contributed by atoms with Gasteiger partial charge in [0.05, 0.1) is 0 Å². The summed E-state index contributed by atoms with van der Waals surface area (Å²) < 4.78 is 0. The van der Waals surface area contributed by atoms with E-state index in [4.69, 9.17) is 5.11 Å². The molecule has 15 heavy (non-hydrogen) atoms. The Bertz CT molecular complexity index is 282. The van der Waals surface area contributed by atoms with Crippen LogP contribution in [0.5, 0.6) is 0 Å². The number of aliphatic hydroxyl groups is 1. The Kier molecular flexibility index (Phi) is 6.21. The van der Waals surface area contributed by atoms with Crippen LogP contribution in [-0.2, 0) is 0 Å². The summed E-state index contributed by atoms with van der Waals surface area (Å²) in [5.74, 6) is 1.02. The number of rotatable bonds is 6. The number of benzene rings is 1. The van der Waals surface area contributed by atoms with Crippen LogP contribution < -0.4 is 0 Å². The second kappa shape index (κ2) is 7.55. The van der Waals surface area contributed by atoms with Gasteiger partial charge in [0.15, 0.2) is 0 Å². The molecule has 2 heteroatoms. The van der Waals surface area contributed by atoms with Crippen molar-refractivity contribution in [2.75, 3.05) is 12.4 Å². The highest BCUT2D eigenvalue weighted by Crippen LogP contribution is 2.14. The van der Waals surface area contributed by atoms with Crippen molar-refractivity contribution in [3.63, 3.8) is 0 Å². The lowest BCUT2D eigenvalue weighted by molar-refractivity contribution is 0.296. The Morgan fingerprint density at radius 3 is 2.73 bits per heavy atom. The Hall–Kier alpha value is -0.730. The molecule has 0 aliphatic carbocycles. The molecule has 0 aromatic heterocycles. The Balaban J connectivity index is 2.31. The molecule has 1 unspecified atom stereocenters. The first kappa shape index (κ1) is 12.3. The van der Waals surface area contributed by atoms with Gasteiger partial charge in [0, 0.05) is 11.9 Å². The number of hydrogen-bond acceptors (Lipinski definition) is 2. The molecule has 0 aliphatic rings. The smallest absolute Gasteiger partial charge is 0.0438 e. The molecule has 82 valence electrons. The second-order valence-corrected chi connectivity index (χ2v) is 4.91. The van der Waals surface area contributed by atoms with Gasteiger partial charge in [-0.15, -0.1) is 0 Å². The van der Waals surface area contributed by atoms with Gasteiger partial charge in [-0.25, -0.2) is 0 Å². The first-order valence-electron chi connectivity index (χ1n) is 5.28. The van der Waals surface area contributed by atoms with Crippen molar-refractivity contribution in [2.45, 2.75) is 18.6 Å². The molecule has 1 aromatic carbocycles. The zero-order chi connectivity index (χ0) is 10.9. The van der Waals surface area contributed by atoms with Gasteiger partial charge in [0.25, 0.3) is 0 Å². The average Bonchev–Trinajstić information content (AvgIpc) is 2.28. The van der Waals surface area contributed by atoms with Crippen LogP contribution in [0.25, 0.3) is 6.08 Å². The SMILES string of the molecule is CC(/C=C/c1ccccc1)SCCCO. The van der Waals surface area contributed by atoms with E-state index in [0.717, 1.165) is 12.2 Å². The van der Waals surface area contributed by atoms with E-state index < -0.39 is 0 Å². The minimum absolute atomic E-state index is 0.294. The zero-order valence-corrected chi connectivity index (χ0v) is 9.91. The third kappa shape index (κ3) is 5.65. The fourth-order valence-electron chi connectivity index (χ4n) is 1.20. The minimum atomic E-state index is 0.294. The molecule has 0 fully saturated rings. The normalized spacial score (nSPS) is 13.2. The molecule has 0 heterocycles. The van der Waals surface area contributed by atoms with E-state index in [0.29, 0.717) is 11.9 Å². The molecule has 0 saturated carbocycles. The number of thioether (sulfide) groups is 1. The third-order valence-electron chi connectivity index (χ3n) is 2.04. The molecule has 0 saturated heterocycles. The monoisotopic (exact) mass is 222 g/mol. The van der Waals surface area contributed by atoms with Gasteiger partial charge in [-0.2, -0.15) is 11.8 Å². The molecule has 1 rings (SSSR count). The van der Waals surface area contributed by atoms with Crippen LogP contribution in [0.2, 0.25) is 0 Å². The maximum Gasteiger partial charge on any atom is 0.0438 e. The Morgan fingerprint density at radius 1 is 1.33 bits per heavy atom. The first-order chi connectivity index (χ1) is 7.33. The van der Waals surface area contributed by atoms with E-state index in [1.54, 1.807) is 0 Å². The zero-order valence-electron chi connectivity index (χ0n) is 9.10. The lowest BCUT2D eigenvalue weighted by Gasteiger charge is -2.04. The van der Waals surface area contributed by atoms with Gasteiger partial charge in [-0.3, -0.25) is 0 Å². The average molecular weight is 222 g/mol. The topological polar surface area (TPSA) is 20.2 Å². The van der Waals surface area contributed by atoms with Crippen LogP contribution in [-0.4, -0.2) is 22.7 Å². The van der Waals surface area contributed by atoms with Crippen LogP contribution in [0, 0.1) is 0 Å². The van der Waals surface area contributed by atoms with Gasteiger partial charge in [-0.1, -0.05) is 42.5 Å². The summed E-state index contributed by atoms with van der Waals surface area (Å²) in [7, 11) is 0. The molecule has 0 spiro atoms. The summed E-state index contributed by atoms with van der Waals surface area (Å²) in [5, 5.41) is 9.17. The molecule has 1 atom stereocenters. The highest BCUT2D eigenvalue weighted by molar-refractivity contribution is 8.00. The van der Waals surface area contributed by atoms with E-state index in [-0.39, 0.29) is 0 Å². The van der Waals surface area contributed by atoms with Crippen LogP contribution in [0.15, 0.2) is 36.4 Å². The largest absolute Gasteiger partial charge is 0.396 e. The summed E-state index contributed by atoms with van der Waals surface area (Å²) in [6, 6.07) is 10.3. The molecule has 1 aromatic rings. The van der Waals surface area contributed by atoms with Gasteiger partial charge < -0.3 is 5.11 Å². The molecule has 0 radical (unpaired) electrons. The maximum absolute atomic E-state index is 8.66. The standard InChI is InChI=1S/C13H18OS/c1-12(15-11-5-10-14)8-9-13-6-3-2-4-7-13/h2-4,6-9,12,14H,5,10-11H2,1H3/b9-8+. The van der Waals surface area contributed by atoms with E-state index in [1.165, 1.54) is 5.56 Å². The van der Waals surface area contributed by atoms with E-state index >= 15 is 0 Å². The third-order valence-corrected chi connectivity index (χ3v) is 3.25. The fraction of sp³-hybridized carbons (Fsp3) is 0.385. The predicted octanol–water partition coefficient (Wildman–Crippen LogP) is 3.20. The van der Waals surface area contributed by atoms with Crippen molar-refractivity contribution < 1.29 is 5.11 Å². The fourth-order valence-corrected chi connectivity index (χ4v) is 2.06. The van der Waals surface area contributed by atoms with Crippen molar-refractivity contribution in [1.29, 1.82) is 0 Å². The summed E-state index contributed by atoms with van der Waals surface area (Å²) in [6.45, 7) is 2.48. The van der Waals surface area contributed by atoms with Crippen molar-refractivity contribution in [3.05, 3.63) is 42.0 Å². The molecular weight excluding hydrogens is 204 g/mol. The Labute approximate surface area is 96.2 Å². The Morgan fingerprint density at radius 2 is 2.07 bits per heavy atom. The van der Waals surface area contributed by atoms with Gasteiger partial charge in [0.2, 0.25) is 0 Å². The summed E-state index contributed by atoms with van der Waals surface area (Å²) in [6.07, 6.45) is 5.24. The summed E-state index contributed by atoms with van der Waals surface area (Å²) in [5.41, 5.74) is 1.24. The molecule has 0 amide bonds. The lowest BCUT2D eigenvalue weighted by atomic mass is 10.2. The predicted molar refractivity (Wildman–Crippen MR) is 69.1 cm³/mol. The van der Waals surface area contributed by atoms with Crippen LogP contribution in [0.4, 0.5) is 0 Å². The van der Waals surface area contributed by atoms with Crippen molar-refractivity contribution in [1.82, 2.24) is 0 Å². The molecular formula is C13H18OS. The van der Waals surface area contributed by atoms with Crippen molar-refractivity contribution >= 4 is 17.8 Å². The minimum Gasteiger partial charge on any atom is -0.396 e. The van der Waals surface area contributed by atoms with Crippen LogP contribution in [0.3, 0.4) is 0 Å². The molecule has 1 nitrogen and oxygen atoms in total. The highest BCUT2D eigenvalue weighted by atomic mass is 32.2. The second-order valence-electron chi connectivity index (χ2n) is 3.42.